The molecular weight excluding hydrogens is 286 g/mol. The summed E-state index contributed by atoms with van der Waals surface area (Å²) in [7, 11) is 0. The molecule has 4 heteroatoms. The smallest absolute Gasteiger partial charge is 0.0605 e. The Labute approximate surface area is 143 Å². The monoisotopic (exact) mass is 325 g/mol. The van der Waals surface area contributed by atoms with Crippen LogP contribution < -0.4 is 5.32 Å². The molecule has 0 bridgehead atoms. The Morgan fingerprint density at radius 1 is 1.04 bits per heavy atom. The minimum absolute atomic E-state index is 0.506. The summed E-state index contributed by atoms with van der Waals surface area (Å²) in [5.74, 6) is 1.58. The highest BCUT2D eigenvalue weighted by Crippen LogP contribution is 2.23. The van der Waals surface area contributed by atoms with E-state index in [-0.39, 0.29) is 0 Å². The highest BCUT2D eigenvalue weighted by molar-refractivity contribution is 4.86. The second kappa shape index (κ2) is 9.97. The molecule has 1 aliphatic heterocycles. The van der Waals surface area contributed by atoms with Crippen LogP contribution in [-0.2, 0) is 4.74 Å². The quantitative estimate of drug-likeness (QED) is 0.668. The number of nitrogens with zero attached hydrogens (tertiary/aromatic N) is 2. The van der Waals surface area contributed by atoms with Gasteiger partial charge in [0.2, 0.25) is 0 Å². The van der Waals surface area contributed by atoms with Gasteiger partial charge in [0.05, 0.1) is 12.7 Å². The third-order valence-electron chi connectivity index (χ3n) is 5.40. The zero-order valence-electron chi connectivity index (χ0n) is 15.9. The van der Waals surface area contributed by atoms with Crippen molar-refractivity contribution < 1.29 is 4.74 Å². The van der Waals surface area contributed by atoms with E-state index in [1.807, 2.05) is 0 Å². The van der Waals surface area contributed by atoms with Gasteiger partial charge in [-0.3, -0.25) is 4.90 Å². The van der Waals surface area contributed by atoms with Gasteiger partial charge < -0.3 is 15.0 Å². The molecule has 2 aliphatic rings. The van der Waals surface area contributed by atoms with Crippen LogP contribution in [0, 0.1) is 11.8 Å². The van der Waals surface area contributed by atoms with Crippen LogP contribution in [0.3, 0.4) is 0 Å². The zero-order chi connectivity index (χ0) is 16.7. The minimum atomic E-state index is 0.506. The minimum Gasteiger partial charge on any atom is -0.377 e. The second-order valence-electron chi connectivity index (χ2n) is 8.12. The topological polar surface area (TPSA) is 27.7 Å². The molecule has 1 atom stereocenters. The molecule has 1 heterocycles. The largest absolute Gasteiger partial charge is 0.377 e. The number of piperazine rings is 1. The van der Waals surface area contributed by atoms with Crippen molar-refractivity contribution in [1.82, 2.24) is 15.1 Å². The molecule has 1 unspecified atom stereocenters. The fourth-order valence-electron chi connectivity index (χ4n) is 3.44. The number of ether oxygens (including phenoxy) is 1. The lowest BCUT2D eigenvalue weighted by molar-refractivity contribution is -0.0284. The van der Waals surface area contributed by atoms with E-state index in [1.165, 1.54) is 52.0 Å². The molecular formula is C19H39N3O. The van der Waals surface area contributed by atoms with E-state index < -0.39 is 0 Å². The summed E-state index contributed by atoms with van der Waals surface area (Å²) in [6.45, 7) is 18.5. The van der Waals surface area contributed by atoms with Crippen molar-refractivity contribution in [1.29, 1.82) is 0 Å². The van der Waals surface area contributed by atoms with Gasteiger partial charge in [-0.25, -0.2) is 0 Å². The molecule has 2 fully saturated rings. The molecule has 0 aromatic rings. The molecule has 1 N–H and O–H groups in total. The summed E-state index contributed by atoms with van der Waals surface area (Å²) < 4.78 is 6.04. The first-order valence-corrected chi connectivity index (χ1v) is 9.86. The van der Waals surface area contributed by atoms with Crippen LogP contribution in [0.15, 0.2) is 0 Å². The van der Waals surface area contributed by atoms with Crippen molar-refractivity contribution in [3.63, 3.8) is 0 Å². The van der Waals surface area contributed by atoms with Gasteiger partial charge >= 0.3 is 0 Å². The molecule has 0 radical (unpaired) electrons. The van der Waals surface area contributed by atoms with E-state index in [4.69, 9.17) is 4.74 Å². The maximum absolute atomic E-state index is 6.04. The number of nitrogens with one attached hydrogen (secondary N) is 1. The van der Waals surface area contributed by atoms with Gasteiger partial charge in [-0.1, -0.05) is 34.1 Å². The zero-order valence-corrected chi connectivity index (χ0v) is 15.9. The van der Waals surface area contributed by atoms with Crippen LogP contribution in [0.2, 0.25) is 0 Å². The Morgan fingerprint density at radius 2 is 1.70 bits per heavy atom. The Balaban J connectivity index is 1.45. The summed E-state index contributed by atoms with van der Waals surface area (Å²) in [6.07, 6.45) is 4.19. The SMILES string of the molecule is CCC(C)CN[C@H]1C[C@H](OCCN2CCN(CC(C)C)CC2)C1. The predicted molar refractivity (Wildman–Crippen MR) is 97.9 cm³/mol. The van der Waals surface area contributed by atoms with Gasteiger partial charge in [0.25, 0.3) is 0 Å². The number of hydrogen-bond donors (Lipinski definition) is 1. The van der Waals surface area contributed by atoms with Crippen molar-refractivity contribution >= 4 is 0 Å². The first kappa shape index (κ1) is 19.2. The molecule has 0 spiro atoms. The lowest BCUT2D eigenvalue weighted by Gasteiger charge is -2.38. The van der Waals surface area contributed by atoms with Crippen LogP contribution in [0.4, 0.5) is 0 Å². The van der Waals surface area contributed by atoms with E-state index >= 15 is 0 Å². The van der Waals surface area contributed by atoms with Crippen LogP contribution in [0.5, 0.6) is 0 Å². The first-order chi connectivity index (χ1) is 11.1. The van der Waals surface area contributed by atoms with Crippen molar-refractivity contribution in [2.45, 2.75) is 59.1 Å². The van der Waals surface area contributed by atoms with Crippen molar-refractivity contribution in [3.05, 3.63) is 0 Å². The lowest BCUT2D eigenvalue weighted by Crippen LogP contribution is -2.49. The van der Waals surface area contributed by atoms with Crippen LogP contribution in [0.1, 0.15) is 47.0 Å². The highest BCUT2D eigenvalue weighted by atomic mass is 16.5. The Morgan fingerprint density at radius 3 is 2.30 bits per heavy atom. The average Bonchev–Trinajstić information content (AvgIpc) is 2.49. The molecule has 4 nitrogen and oxygen atoms in total. The highest BCUT2D eigenvalue weighted by Gasteiger charge is 2.29. The number of hydrogen-bond acceptors (Lipinski definition) is 4. The second-order valence-corrected chi connectivity index (χ2v) is 8.12. The fraction of sp³-hybridized carbons (Fsp3) is 1.00. The van der Waals surface area contributed by atoms with E-state index in [0.717, 1.165) is 31.5 Å². The molecule has 0 aromatic heterocycles. The summed E-state index contributed by atoms with van der Waals surface area (Å²) >= 11 is 0. The normalized spacial score (nSPS) is 28.0. The third-order valence-corrected chi connectivity index (χ3v) is 5.40. The molecule has 1 aliphatic carbocycles. The Kier molecular flexibility index (Phi) is 8.31. The van der Waals surface area contributed by atoms with Gasteiger partial charge in [0, 0.05) is 45.3 Å². The van der Waals surface area contributed by atoms with E-state index in [0.29, 0.717) is 12.1 Å². The van der Waals surface area contributed by atoms with Crippen LogP contribution >= 0.6 is 0 Å². The van der Waals surface area contributed by atoms with Gasteiger partial charge in [-0.15, -0.1) is 0 Å². The Hall–Kier alpha value is -0.160. The third kappa shape index (κ3) is 7.08. The average molecular weight is 326 g/mol. The van der Waals surface area contributed by atoms with Gasteiger partial charge in [-0.05, 0) is 31.2 Å². The lowest BCUT2D eigenvalue weighted by atomic mass is 9.89. The summed E-state index contributed by atoms with van der Waals surface area (Å²) in [4.78, 5) is 5.16. The molecule has 2 rings (SSSR count). The summed E-state index contributed by atoms with van der Waals surface area (Å²) in [5.41, 5.74) is 0. The van der Waals surface area contributed by atoms with Gasteiger partial charge in [-0.2, -0.15) is 0 Å². The molecule has 1 saturated carbocycles. The summed E-state index contributed by atoms with van der Waals surface area (Å²) in [5, 5.41) is 3.66. The molecule has 0 amide bonds. The summed E-state index contributed by atoms with van der Waals surface area (Å²) in [6, 6.07) is 0.702. The van der Waals surface area contributed by atoms with E-state index in [9.17, 15) is 0 Å². The molecule has 136 valence electrons. The van der Waals surface area contributed by atoms with Crippen LogP contribution in [-0.4, -0.2) is 74.4 Å². The Bertz CT molecular complexity index is 310. The van der Waals surface area contributed by atoms with Crippen molar-refractivity contribution in [2.24, 2.45) is 11.8 Å². The first-order valence-electron chi connectivity index (χ1n) is 9.86. The predicted octanol–water partition coefficient (Wildman–Crippen LogP) is 2.44. The van der Waals surface area contributed by atoms with Crippen LogP contribution in [0.25, 0.3) is 0 Å². The standard InChI is InChI=1S/C19H39N3O/c1-5-17(4)14-20-18-12-19(13-18)23-11-10-21-6-8-22(9-7-21)15-16(2)3/h16-20H,5-15H2,1-4H3/t17?,18-,19-. The van der Waals surface area contributed by atoms with Gasteiger partial charge in [0.1, 0.15) is 0 Å². The van der Waals surface area contributed by atoms with E-state index in [2.05, 4.69) is 42.8 Å². The van der Waals surface area contributed by atoms with E-state index in [1.54, 1.807) is 0 Å². The maximum Gasteiger partial charge on any atom is 0.0605 e. The molecule has 23 heavy (non-hydrogen) atoms. The maximum atomic E-state index is 6.04. The fourth-order valence-corrected chi connectivity index (χ4v) is 3.44. The van der Waals surface area contributed by atoms with Crippen molar-refractivity contribution in [3.8, 4) is 0 Å². The van der Waals surface area contributed by atoms with Crippen molar-refractivity contribution in [2.75, 3.05) is 52.4 Å². The number of rotatable bonds is 10. The molecule has 0 aromatic carbocycles. The van der Waals surface area contributed by atoms with Gasteiger partial charge in [0.15, 0.2) is 0 Å². The molecule has 1 saturated heterocycles.